The number of anilines is 1. The van der Waals surface area contributed by atoms with Crippen LogP contribution in [0.25, 0.3) is 10.9 Å². The zero-order chi connectivity index (χ0) is 18.6. The summed E-state index contributed by atoms with van der Waals surface area (Å²) in [5.41, 5.74) is 2.06. The number of hydrogen-bond donors (Lipinski definition) is 2. The van der Waals surface area contributed by atoms with Crippen molar-refractivity contribution in [2.45, 2.75) is 37.1 Å². The standard InChI is InChI=1S/C21H23N3O2S/c1-14-5-4-6-17(11-14)26-12-16(25)13-27-21-23-19-8-3-2-7-18(19)20(24-21)22-15-9-10-15/h2-8,11,15-16,25H,9-10,12-13H2,1H3,(H,22,23,24)/t16-/m0/s1. The maximum atomic E-state index is 10.3. The predicted octanol–water partition coefficient (Wildman–Crippen LogP) is 4.04. The fourth-order valence-electron chi connectivity index (χ4n) is 2.77. The second kappa shape index (κ2) is 8.15. The van der Waals surface area contributed by atoms with Crippen LogP contribution in [0.5, 0.6) is 5.75 Å². The van der Waals surface area contributed by atoms with Crippen LogP contribution in [0.3, 0.4) is 0 Å². The molecule has 1 aliphatic rings. The van der Waals surface area contributed by atoms with Gasteiger partial charge in [0.25, 0.3) is 0 Å². The van der Waals surface area contributed by atoms with Crippen LogP contribution in [0.2, 0.25) is 0 Å². The summed E-state index contributed by atoms with van der Waals surface area (Å²) in [5, 5.41) is 15.5. The largest absolute Gasteiger partial charge is 0.491 e. The fraction of sp³-hybridized carbons (Fsp3) is 0.333. The molecule has 0 spiro atoms. The Bertz CT molecular complexity index is 930. The number of nitrogens with zero attached hydrogens (tertiary/aromatic N) is 2. The summed E-state index contributed by atoms with van der Waals surface area (Å²) in [5.74, 6) is 2.14. The Labute approximate surface area is 163 Å². The lowest BCUT2D eigenvalue weighted by molar-refractivity contribution is 0.126. The van der Waals surface area contributed by atoms with E-state index in [0.29, 0.717) is 17.0 Å². The highest BCUT2D eigenvalue weighted by atomic mass is 32.2. The molecule has 27 heavy (non-hydrogen) atoms. The van der Waals surface area contributed by atoms with Gasteiger partial charge in [-0.25, -0.2) is 9.97 Å². The first-order valence-corrected chi connectivity index (χ1v) is 10.2. The number of nitrogens with one attached hydrogen (secondary N) is 1. The Morgan fingerprint density at radius 3 is 2.85 bits per heavy atom. The quantitative estimate of drug-likeness (QED) is 0.453. The molecule has 0 unspecified atom stereocenters. The lowest BCUT2D eigenvalue weighted by Crippen LogP contribution is -2.20. The van der Waals surface area contributed by atoms with E-state index in [1.165, 1.54) is 24.6 Å². The average Bonchev–Trinajstić information content (AvgIpc) is 3.49. The average molecular weight is 382 g/mol. The van der Waals surface area contributed by atoms with E-state index in [-0.39, 0.29) is 6.61 Å². The van der Waals surface area contributed by atoms with Gasteiger partial charge in [-0.15, -0.1) is 0 Å². The molecule has 1 aromatic heterocycles. The van der Waals surface area contributed by atoms with E-state index in [9.17, 15) is 5.11 Å². The number of hydrogen-bond acceptors (Lipinski definition) is 6. The van der Waals surface area contributed by atoms with Crippen molar-refractivity contribution in [2.24, 2.45) is 0 Å². The molecule has 0 aliphatic heterocycles. The van der Waals surface area contributed by atoms with Gasteiger partial charge in [0, 0.05) is 17.2 Å². The van der Waals surface area contributed by atoms with Crippen LogP contribution in [-0.4, -0.2) is 39.6 Å². The molecule has 6 heteroatoms. The maximum absolute atomic E-state index is 10.3. The minimum Gasteiger partial charge on any atom is -0.491 e. The third-order valence-corrected chi connectivity index (χ3v) is 5.33. The van der Waals surface area contributed by atoms with Crippen molar-refractivity contribution in [3.63, 3.8) is 0 Å². The lowest BCUT2D eigenvalue weighted by Gasteiger charge is -2.13. The number of para-hydroxylation sites is 1. The van der Waals surface area contributed by atoms with Gasteiger partial charge in [-0.05, 0) is 49.6 Å². The molecule has 2 N–H and O–H groups in total. The van der Waals surface area contributed by atoms with Gasteiger partial charge in [0.05, 0.1) is 11.6 Å². The van der Waals surface area contributed by atoms with Crippen LogP contribution in [-0.2, 0) is 0 Å². The molecule has 1 fully saturated rings. The van der Waals surface area contributed by atoms with E-state index in [1.807, 2.05) is 55.5 Å². The topological polar surface area (TPSA) is 67.3 Å². The third kappa shape index (κ3) is 4.90. The van der Waals surface area contributed by atoms with E-state index in [2.05, 4.69) is 15.3 Å². The van der Waals surface area contributed by atoms with Crippen LogP contribution in [0.15, 0.2) is 53.7 Å². The van der Waals surface area contributed by atoms with Crippen molar-refractivity contribution in [1.29, 1.82) is 0 Å². The summed E-state index contributed by atoms with van der Waals surface area (Å²) in [6.07, 6.45) is 1.79. The van der Waals surface area contributed by atoms with E-state index in [0.717, 1.165) is 28.0 Å². The Kier molecular flexibility index (Phi) is 5.45. The molecule has 1 atom stereocenters. The SMILES string of the molecule is Cc1cccc(OC[C@H](O)CSc2nc(NC3CC3)c3ccccc3n2)c1. The highest BCUT2D eigenvalue weighted by molar-refractivity contribution is 7.99. The van der Waals surface area contributed by atoms with Crippen molar-refractivity contribution in [3.05, 3.63) is 54.1 Å². The minimum atomic E-state index is -0.592. The summed E-state index contributed by atoms with van der Waals surface area (Å²) in [7, 11) is 0. The molecule has 2 aromatic carbocycles. The zero-order valence-corrected chi connectivity index (χ0v) is 16.1. The van der Waals surface area contributed by atoms with Crippen LogP contribution in [0.4, 0.5) is 5.82 Å². The Morgan fingerprint density at radius 2 is 2.04 bits per heavy atom. The van der Waals surface area contributed by atoms with Crippen LogP contribution in [0, 0.1) is 6.92 Å². The summed E-state index contributed by atoms with van der Waals surface area (Å²) in [6, 6.07) is 16.4. The number of aliphatic hydroxyl groups is 1. The van der Waals surface area contributed by atoms with Gasteiger partial charge in [0.1, 0.15) is 18.2 Å². The number of benzene rings is 2. The fourth-order valence-corrected chi connectivity index (χ4v) is 3.52. The number of aromatic nitrogens is 2. The number of ether oxygens (including phenoxy) is 1. The van der Waals surface area contributed by atoms with Crippen molar-refractivity contribution in [2.75, 3.05) is 17.7 Å². The van der Waals surface area contributed by atoms with Gasteiger partial charge in [-0.2, -0.15) is 0 Å². The Morgan fingerprint density at radius 1 is 1.19 bits per heavy atom. The molecule has 5 nitrogen and oxygen atoms in total. The summed E-state index contributed by atoms with van der Waals surface area (Å²) < 4.78 is 5.68. The van der Waals surface area contributed by atoms with Crippen molar-refractivity contribution < 1.29 is 9.84 Å². The van der Waals surface area contributed by atoms with E-state index < -0.39 is 6.10 Å². The number of thioether (sulfide) groups is 1. The van der Waals surface area contributed by atoms with Crippen molar-refractivity contribution >= 4 is 28.5 Å². The van der Waals surface area contributed by atoms with Crippen LogP contribution >= 0.6 is 11.8 Å². The van der Waals surface area contributed by atoms with Gasteiger partial charge in [-0.3, -0.25) is 0 Å². The molecular formula is C21H23N3O2S. The highest BCUT2D eigenvalue weighted by Crippen LogP contribution is 2.29. The summed E-state index contributed by atoms with van der Waals surface area (Å²) in [4.78, 5) is 9.30. The molecule has 0 bridgehead atoms. The smallest absolute Gasteiger partial charge is 0.190 e. The van der Waals surface area contributed by atoms with E-state index in [4.69, 9.17) is 4.74 Å². The predicted molar refractivity (Wildman–Crippen MR) is 110 cm³/mol. The molecule has 0 amide bonds. The first-order chi connectivity index (χ1) is 13.2. The van der Waals surface area contributed by atoms with Gasteiger partial charge in [0.2, 0.25) is 0 Å². The van der Waals surface area contributed by atoms with E-state index in [1.54, 1.807) is 0 Å². The van der Waals surface area contributed by atoms with Crippen LogP contribution < -0.4 is 10.1 Å². The second-order valence-corrected chi connectivity index (χ2v) is 7.87. The number of aliphatic hydroxyl groups excluding tert-OH is 1. The normalized spacial score (nSPS) is 14.9. The Hall–Kier alpha value is -2.31. The first-order valence-electron chi connectivity index (χ1n) is 9.21. The van der Waals surface area contributed by atoms with Gasteiger partial charge < -0.3 is 15.2 Å². The molecule has 0 radical (unpaired) electrons. The molecular weight excluding hydrogens is 358 g/mol. The monoisotopic (exact) mass is 381 g/mol. The molecule has 0 saturated heterocycles. The molecule has 1 aliphatic carbocycles. The van der Waals surface area contributed by atoms with Crippen molar-refractivity contribution in [1.82, 2.24) is 9.97 Å². The lowest BCUT2D eigenvalue weighted by atomic mass is 10.2. The molecule has 140 valence electrons. The number of aryl methyl sites for hydroxylation is 1. The zero-order valence-electron chi connectivity index (χ0n) is 15.3. The highest BCUT2D eigenvalue weighted by Gasteiger charge is 2.23. The molecule has 3 aromatic rings. The summed E-state index contributed by atoms with van der Waals surface area (Å²) >= 11 is 1.45. The van der Waals surface area contributed by atoms with E-state index >= 15 is 0 Å². The van der Waals surface area contributed by atoms with Gasteiger partial charge in [0.15, 0.2) is 5.16 Å². The first kappa shape index (κ1) is 18.1. The molecule has 1 saturated carbocycles. The Balaban J connectivity index is 1.39. The third-order valence-electron chi connectivity index (χ3n) is 4.34. The molecule has 1 heterocycles. The van der Waals surface area contributed by atoms with Crippen molar-refractivity contribution in [3.8, 4) is 5.75 Å². The second-order valence-electron chi connectivity index (χ2n) is 6.88. The van der Waals surface area contributed by atoms with Crippen LogP contribution in [0.1, 0.15) is 18.4 Å². The van der Waals surface area contributed by atoms with Gasteiger partial charge in [-0.1, -0.05) is 36.0 Å². The number of fused-ring (bicyclic) bond motifs is 1. The summed E-state index contributed by atoms with van der Waals surface area (Å²) in [6.45, 7) is 2.26. The maximum Gasteiger partial charge on any atom is 0.190 e. The molecule has 4 rings (SSSR count). The number of rotatable bonds is 8. The minimum absolute atomic E-state index is 0.247. The van der Waals surface area contributed by atoms with Gasteiger partial charge >= 0.3 is 0 Å².